The van der Waals surface area contributed by atoms with Gasteiger partial charge < -0.3 is 20.3 Å². The predicted molar refractivity (Wildman–Crippen MR) is 117 cm³/mol. The lowest BCUT2D eigenvalue weighted by atomic mass is 9.90. The Balaban J connectivity index is 0.00000420. The van der Waals surface area contributed by atoms with Crippen molar-refractivity contribution in [2.45, 2.75) is 45.0 Å². The SMILES string of the molecule is CCNC(=NCC(=O)N(C)CC(F)(F)F)NC1CC(C)(C)Oc2ccccc21.I. The topological polar surface area (TPSA) is 66.0 Å². The molecule has 0 aliphatic carbocycles. The third kappa shape index (κ3) is 7.90. The zero-order chi connectivity index (χ0) is 20.9. The molecule has 29 heavy (non-hydrogen) atoms. The van der Waals surface area contributed by atoms with Gasteiger partial charge in [0.15, 0.2) is 5.96 Å². The van der Waals surface area contributed by atoms with E-state index in [9.17, 15) is 18.0 Å². The van der Waals surface area contributed by atoms with E-state index >= 15 is 0 Å². The molecule has 1 heterocycles. The summed E-state index contributed by atoms with van der Waals surface area (Å²) in [4.78, 5) is 16.8. The number of nitrogens with one attached hydrogen (secondary N) is 2. The number of para-hydroxylation sites is 1. The van der Waals surface area contributed by atoms with Gasteiger partial charge in [0.05, 0.1) is 6.04 Å². The quantitative estimate of drug-likeness (QED) is 0.349. The van der Waals surface area contributed by atoms with E-state index in [2.05, 4.69) is 15.6 Å². The van der Waals surface area contributed by atoms with Crippen LogP contribution in [0.1, 0.15) is 38.8 Å². The molecule has 2 N–H and O–H groups in total. The molecule has 1 aromatic carbocycles. The van der Waals surface area contributed by atoms with Gasteiger partial charge in [-0.2, -0.15) is 13.2 Å². The number of benzene rings is 1. The molecule has 0 bridgehead atoms. The van der Waals surface area contributed by atoms with Crippen LogP contribution in [0.2, 0.25) is 0 Å². The fourth-order valence-electron chi connectivity index (χ4n) is 3.04. The minimum absolute atomic E-state index is 0. The van der Waals surface area contributed by atoms with Crippen molar-refractivity contribution in [2.24, 2.45) is 4.99 Å². The molecule has 0 saturated carbocycles. The van der Waals surface area contributed by atoms with E-state index in [0.717, 1.165) is 18.4 Å². The van der Waals surface area contributed by atoms with Gasteiger partial charge in [0.2, 0.25) is 5.91 Å². The van der Waals surface area contributed by atoms with Gasteiger partial charge in [0.25, 0.3) is 0 Å². The number of amides is 1. The van der Waals surface area contributed by atoms with Crippen LogP contribution in [-0.4, -0.2) is 55.2 Å². The van der Waals surface area contributed by atoms with Crippen molar-refractivity contribution in [1.82, 2.24) is 15.5 Å². The Bertz CT molecular complexity index is 726. The first-order chi connectivity index (χ1) is 13.0. The van der Waals surface area contributed by atoms with Crippen LogP contribution in [-0.2, 0) is 4.79 Å². The predicted octanol–water partition coefficient (Wildman–Crippen LogP) is 3.48. The second-order valence-electron chi connectivity index (χ2n) is 7.36. The highest BCUT2D eigenvalue weighted by Gasteiger charge is 2.34. The zero-order valence-electron chi connectivity index (χ0n) is 17.0. The summed E-state index contributed by atoms with van der Waals surface area (Å²) in [5, 5.41) is 6.31. The summed E-state index contributed by atoms with van der Waals surface area (Å²) in [7, 11) is 1.11. The van der Waals surface area contributed by atoms with Gasteiger partial charge in [-0.3, -0.25) is 4.79 Å². The summed E-state index contributed by atoms with van der Waals surface area (Å²) in [6.07, 6.45) is -3.77. The molecule has 0 saturated heterocycles. The number of aliphatic imine (C=N–C) groups is 1. The van der Waals surface area contributed by atoms with Crippen LogP contribution in [0, 0.1) is 0 Å². The van der Waals surface area contributed by atoms with Crippen LogP contribution in [0.4, 0.5) is 13.2 Å². The van der Waals surface area contributed by atoms with E-state index in [1.165, 1.54) is 0 Å². The second-order valence-corrected chi connectivity index (χ2v) is 7.36. The summed E-state index contributed by atoms with van der Waals surface area (Å²) in [5.74, 6) is 0.434. The maximum Gasteiger partial charge on any atom is 0.406 e. The minimum Gasteiger partial charge on any atom is -0.487 e. The Hall–Kier alpha value is -1.72. The lowest BCUT2D eigenvalue weighted by molar-refractivity contribution is -0.157. The number of guanidine groups is 1. The highest BCUT2D eigenvalue weighted by Crippen LogP contribution is 2.39. The summed E-state index contributed by atoms with van der Waals surface area (Å²) in [6.45, 7) is 4.71. The molecule has 0 aromatic heterocycles. The molecular formula is C19H28F3IN4O2. The van der Waals surface area contributed by atoms with E-state index in [4.69, 9.17) is 4.74 Å². The van der Waals surface area contributed by atoms with E-state index in [1.807, 2.05) is 45.0 Å². The fraction of sp³-hybridized carbons (Fsp3) is 0.579. The van der Waals surface area contributed by atoms with Crippen molar-refractivity contribution in [2.75, 3.05) is 26.7 Å². The number of halogens is 4. The van der Waals surface area contributed by atoms with Crippen molar-refractivity contribution in [3.63, 3.8) is 0 Å². The van der Waals surface area contributed by atoms with E-state index in [-0.39, 0.29) is 36.6 Å². The molecule has 1 aromatic rings. The van der Waals surface area contributed by atoms with Gasteiger partial charge in [-0.15, -0.1) is 24.0 Å². The molecule has 6 nitrogen and oxygen atoms in total. The van der Waals surface area contributed by atoms with Gasteiger partial charge in [-0.25, -0.2) is 4.99 Å². The molecule has 164 valence electrons. The second kappa shape index (κ2) is 10.4. The minimum atomic E-state index is -4.44. The first-order valence-corrected chi connectivity index (χ1v) is 9.14. The van der Waals surface area contributed by atoms with E-state index in [1.54, 1.807) is 0 Å². The Labute approximate surface area is 186 Å². The first-order valence-electron chi connectivity index (χ1n) is 9.14. The third-order valence-electron chi connectivity index (χ3n) is 4.25. The highest BCUT2D eigenvalue weighted by atomic mass is 127. The van der Waals surface area contributed by atoms with E-state index in [0.29, 0.717) is 23.8 Å². The molecule has 2 rings (SSSR count). The number of fused-ring (bicyclic) bond motifs is 1. The molecule has 1 atom stereocenters. The first kappa shape index (κ1) is 25.3. The number of carbonyl (C=O) groups excluding carboxylic acids is 1. The fourth-order valence-corrected chi connectivity index (χ4v) is 3.04. The maximum absolute atomic E-state index is 12.4. The van der Waals surface area contributed by atoms with Gasteiger partial charge >= 0.3 is 6.18 Å². The van der Waals surface area contributed by atoms with Crippen LogP contribution < -0.4 is 15.4 Å². The summed E-state index contributed by atoms with van der Waals surface area (Å²) < 4.78 is 43.3. The van der Waals surface area contributed by atoms with Crippen LogP contribution in [0.25, 0.3) is 0 Å². The monoisotopic (exact) mass is 528 g/mol. The molecule has 1 amide bonds. The number of nitrogens with zero attached hydrogens (tertiary/aromatic N) is 2. The Morgan fingerprint density at radius 1 is 1.34 bits per heavy atom. The lowest BCUT2D eigenvalue weighted by Gasteiger charge is -2.38. The van der Waals surface area contributed by atoms with Crippen molar-refractivity contribution < 1.29 is 22.7 Å². The number of likely N-dealkylation sites (N-methyl/N-ethyl adjacent to an activating group) is 1. The normalized spacial score (nSPS) is 18.0. The average molecular weight is 528 g/mol. The van der Waals surface area contributed by atoms with Crippen LogP contribution in [0.5, 0.6) is 5.75 Å². The summed E-state index contributed by atoms with van der Waals surface area (Å²) in [6, 6.07) is 7.54. The summed E-state index contributed by atoms with van der Waals surface area (Å²) >= 11 is 0. The molecule has 0 fully saturated rings. The number of ether oxygens (including phenoxy) is 1. The third-order valence-corrected chi connectivity index (χ3v) is 4.25. The summed E-state index contributed by atoms with van der Waals surface area (Å²) in [5.41, 5.74) is 0.569. The van der Waals surface area contributed by atoms with Crippen molar-refractivity contribution in [3.8, 4) is 5.75 Å². The maximum atomic E-state index is 12.4. The van der Waals surface area contributed by atoms with Gasteiger partial charge in [0.1, 0.15) is 24.4 Å². The Morgan fingerprint density at radius 3 is 2.62 bits per heavy atom. The van der Waals surface area contributed by atoms with Crippen molar-refractivity contribution >= 4 is 35.8 Å². The molecule has 0 radical (unpaired) electrons. The average Bonchev–Trinajstić information content (AvgIpc) is 2.57. The Kier molecular flexibility index (Phi) is 9.04. The zero-order valence-corrected chi connectivity index (χ0v) is 19.3. The molecule has 10 heteroatoms. The molecular weight excluding hydrogens is 500 g/mol. The largest absolute Gasteiger partial charge is 0.487 e. The Morgan fingerprint density at radius 2 is 2.00 bits per heavy atom. The van der Waals surface area contributed by atoms with Crippen LogP contribution in [0.15, 0.2) is 29.3 Å². The number of alkyl halides is 3. The molecule has 0 spiro atoms. The number of rotatable bonds is 5. The van der Waals surface area contributed by atoms with Crippen molar-refractivity contribution in [1.29, 1.82) is 0 Å². The lowest BCUT2D eigenvalue weighted by Crippen LogP contribution is -2.46. The molecule has 1 unspecified atom stereocenters. The number of hydrogen-bond donors (Lipinski definition) is 2. The van der Waals surface area contributed by atoms with Crippen LogP contribution in [0.3, 0.4) is 0 Å². The molecule has 1 aliphatic heterocycles. The molecule has 1 aliphatic rings. The van der Waals surface area contributed by atoms with Crippen molar-refractivity contribution in [3.05, 3.63) is 29.8 Å². The standard InChI is InChI=1S/C19H27F3N4O2.HI/c1-5-23-17(24-11-16(27)26(4)12-19(20,21)22)25-14-10-18(2,3)28-15-9-7-6-8-13(14)15;/h6-9,14H,5,10-12H2,1-4H3,(H2,23,24,25);1H. The smallest absolute Gasteiger partial charge is 0.406 e. The number of carbonyl (C=O) groups is 1. The van der Waals surface area contributed by atoms with Gasteiger partial charge in [0, 0.05) is 25.6 Å². The van der Waals surface area contributed by atoms with Gasteiger partial charge in [-0.1, -0.05) is 18.2 Å². The van der Waals surface area contributed by atoms with E-state index < -0.39 is 24.2 Å². The number of hydrogen-bond acceptors (Lipinski definition) is 3. The highest BCUT2D eigenvalue weighted by molar-refractivity contribution is 14.0. The van der Waals surface area contributed by atoms with Crippen LogP contribution >= 0.6 is 24.0 Å². The van der Waals surface area contributed by atoms with Gasteiger partial charge in [-0.05, 0) is 26.8 Å².